The number of anilines is 2. The average molecular weight is 261 g/mol. The van der Waals surface area contributed by atoms with Crippen molar-refractivity contribution in [1.29, 1.82) is 0 Å². The maximum absolute atomic E-state index is 9.33. The summed E-state index contributed by atoms with van der Waals surface area (Å²) in [5.41, 5.74) is 4.33. The van der Waals surface area contributed by atoms with Crippen LogP contribution in [0.25, 0.3) is 11.1 Å². The van der Waals surface area contributed by atoms with Crippen molar-refractivity contribution in [2.24, 2.45) is 0 Å². The molecule has 0 atom stereocenters. The summed E-state index contributed by atoms with van der Waals surface area (Å²) in [4.78, 5) is 0. The summed E-state index contributed by atoms with van der Waals surface area (Å²) in [5, 5.41) is 12.7. The fourth-order valence-electron chi connectivity index (χ4n) is 2.16. The van der Waals surface area contributed by atoms with Crippen LogP contribution < -0.4 is 5.32 Å². The number of benzene rings is 3. The van der Waals surface area contributed by atoms with E-state index in [1.807, 2.05) is 42.5 Å². The summed E-state index contributed by atoms with van der Waals surface area (Å²) in [7, 11) is 0. The summed E-state index contributed by atoms with van der Waals surface area (Å²) >= 11 is 0. The number of aromatic hydroxyl groups is 1. The molecule has 2 heteroatoms. The Hall–Kier alpha value is -2.74. The van der Waals surface area contributed by atoms with E-state index in [9.17, 15) is 5.11 Å². The Morgan fingerprint density at radius 1 is 0.650 bits per heavy atom. The molecule has 0 saturated heterocycles. The third-order valence-electron chi connectivity index (χ3n) is 3.16. The molecule has 0 heterocycles. The van der Waals surface area contributed by atoms with Crippen LogP contribution in [-0.2, 0) is 0 Å². The van der Waals surface area contributed by atoms with Gasteiger partial charge in [-0.1, -0.05) is 48.5 Å². The number of para-hydroxylation sites is 1. The first kappa shape index (κ1) is 12.3. The van der Waals surface area contributed by atoms with Gasteiger partial charge >= 0.3 is 0 Å². The van der Waals surface area contributed by atoms with Gasteiger partial charge in [-0.2, -0.15) is 0 Å². The van der Waals surface area contributed by atoms with E-state index in [1.165, 1.54) is 5.56 Å². The number of phenolic OH excluding ortho intramolecular Hbond substituents is 1. The van der Waals surface area contributed by atoms with E-state index in [1.54, 1.807) is 12.1 Å². The van der Waals surface area contributed by atoms with Crippen LogP contribution >= 0.6 is 0 Å². The fourth-order valence-corrected chi connectivity index (χ4v) is 2.16. The van der Waals surface area contributed by atoms with Gasteiger partial charge in [0.2, 0.25) is 0 Å². The normalized spacial score (nSPS) is 10.2. The van der Waals surface area contributed by atoms with Crippen LogP contribution in [0.2, 0.25) is 0 Å². The largest absolute Gasteiger partial charge is 0.508 e. The van der Waals surface area contributed by atoms with E-state index >= 15 is 0 Å². The first-order valence-corrected chi connectivity index (χ1v) is 6.53. The van der Waals surface area contributed by atoms with Crippen molar-refractivity contribution in [3.63, 3.8) is 0 Å². The number of rotatable bonds is 3. The zero-order chi connectivity index (χ0) is 13.8. The molecule has 0 unspecified atom stereocenters. The van der Waals surface area contributed by atoms with Gasteiger partial charge in [0.25, 0.3) is 0 Å². The van der Waals surface area contributed by atoms with Crippen molar-refractivity contribution >= 4 is 11.4 Å². The highest BCUT2D eigenvalue weighted by atomic mass is 16.3. The van der Waals surface area contributed by atoms with Gasteiger partial charge in [-0.05, 0) is 35.9 Å². The lowest BCUT2D eigenvalue weighted by atomic mass is 10.0. The zero-order valence-electron chi connectivity index (χ0n) is 11.0. The Labute approximate surface area is 118 Å². The molecule has 20 heavy (non-hydrogen) atoms. The van der Waals surface area contributed by atoms with E-state index in [-0.39, 0.29) is 5.75 Å². The summed E-state index contributed by atoms with van der Waals surface area (Å²) in [5.74, 6) is 0.270. The second kappa shape index (κ2) is 5.49. The predicted molar refractivity (Wildman–Crippen MR) is 83.3 cm³/mol. The molecule has 0 bridgehead atoms. The minimum Gasteiger partial charge on any atom is -0.508 e. The second-order valence-electron chi connectivity index (χ2n) is 4.58. The van der Waals surface area contributed by atoms with Crippen LogP contribution in [0.5, 0.6) is 5.75 Å². The Morgan fingerprint density at radius 2 is 1.30 bits per heavy atom. The van der Waals surface area contributed by atoms with E-state index in [0.29, 0.717) is 0 Å². The maximum Gasteiger partial charge on any atom is 0.115 e. The highest BCUT2D eigenvalue weighted by Gasteiger charge is 2.04. The molecule has 0 aromatic heterocycles. The van der Waals surface area contributed by atoms with Crippen LogP contribution in [0, 0.1) is 0 Å². The lowest BCUT2D eigenvalue weighted by Crippen LogP contribution is -1.92. The van der Waals surface area contributed by atoms with E-state index in [4.69, 9.17) is 0 Å². The van der Waals surface area contributed by atoms with Crippen molar-refractivity contribution in [3.8, 4) is 16.9 Å². The molecule has 3 aromatic rings. The summed E-state index contributed by atoms with van der Waals surface area (Å²) in [6.07, 6.45) is 0. The molecule has 3 rings (SSSR count). The second-order valence-corrected chi connectivity index (χ2v) is 4.58. The molecule has 0 aliphatic carbocycles. The van der Waals surface area contributed by atoms with Crippen LogP contribution in [0.15, 0.2) is 78.9 Å². The van der Waals surface area contributed by atoms with Gasteiger partial charge in [0.15, 0.2) is 0 Å². The van der Waals surface area contributed by atoms with E-state index < -0.39 is 0 Å². The topological polar surface area (TPSA) is 32.3 Å². The van der Waals surface area contributed by atoms with Crippen LogP contribution in [-0.4, -0.2) is 5.11 Å². The van der Waals surface area contributed by atoms with Gasteiger partial charge in [-0.3, -0.25) is 0 Å². The van der Waals surface area contributed by atoms with Gasteiger partial charge in [0.1, 0.15) is 5.75 Å². The van der Waals surface area contributed by atoms with Crippen LogP contribution in [0.4, 0.5) is 11.4 Å². The third-order valence-corrected chi connectivity index (χ3v) is 3.16. The van der Waals surface area contributed by atoms with Crippen molar-refractivity contribution in [2.45, 2.75) is 0 Å². The quantitative estimate of drug-likeness (QED) is 0.663. The first-order chi connectivity index (χ1) is 9.83. The summed E-state index contributed by atoms with van der Waals surface area (Å²) in [6.45, 7) is 0. The van der Waals surface area contributed by atoms with Gasteiger partial charge in [-0.15, -0.1) is 0 Å². The first-order valence-electron chi connectivity index (χ1n) is 6.53. The highest BCUT2D eigenvalue weighted by molar-refractivity contribution is 5.80. The smallest absolute Gasteiger partial charge is 0.115 e. The molecule has 0 spiro atoms. The number of nitrogens with one attached hydrogen (secondary N) is 1. The Morgan fingerprint density at radius 3 is 2.05 bits per heavy atom. The Bertz CT molecular complexity index is 690. The number of hydrogen-bond acceptors (Lipinski definition) is 2. The maximum atomic E-state index is 9.33. The predicted octanol–water partition coefficient (Wildman–Crippen LogP) is 4.80. The lowest BCUT2D eigenvalue weighted by molar-refractivity contribution is 0.475. The molecule has 0 aliphatic rings. The summed E-state index contributed by atoms with van der Waals surface area (Å²) in [6, 6.07) is 25.5. The van der Waals surface area contributed by atoms with Gasteiger partial charge in [0.05, 0.1) is 0 Å². The molecule has 3 aromatic carbocycles. The molecule has 2 nitrogen and oxygen atoms in total. The van der Waals surface area contributed by atoms with Crippen LogP contribution in [0.3, 0.4) is 0 Å². The highest BCUT2D eigenvalue weighted by Crippen LogP contribution is 2.30. The Balaban J connectivity index is 1.96. The number of phenols is 1. The molecule has 0 amide bonds. The number of hydrogen-bond donors (Lipinski definition) is 2. The molecular weight excluding hydrogens is 246 g/mol. The van der Waals surface area contributed by atoms with Crippen molar-refractivity contribution in [2.75, 3.05) is 5.32 Å². The minimum atomic E-state index is 0.270. The zero-order valence-corrected chi connectivity index (χ0v) is 11.0. The Kier molecular flexibility index (Phi) is 3.38. The molecule has 98 valence electrons. The molecule has 0 fully saturated rings. The fraction of sp³-hybridized carbons (Fsp3) is 0. The average Bonchev–Trinajstić information content (AvgIpc) is 2.51. The van der Waals surface area contributed by atoms with E-state index in [2.05, 4.69) is 29.6 Å². The minimum absolute atomic E-state index is 0.270. The molecule has 0 saturated carbocycles. The van der Waals surface area contributed by atoms with Crippen molar-refractivity contribution < 1.29 is 5.11 Å². The monoisotopic (exact) mass is 261 g/mol. The molecule has 0 radical (unpaired) electrons. The third kappa shape index (κ3) is 2.64. The van der Waals surface area contributed by atoms with E-state index in [0.717, 1.165) is 16.9 Å². The van der Waals surface area contributed by atoms with Crippen molar-refractivity contribution in [3.05, 3.63) is 78.9 Å². The standard InChI is InChI=1S/C18H15NO/c20-16-12-10-15(11-13-16)19-18-9-5-4-8-17(18)14-6-2-1-3-7-14/h1-13,19-20H. The molecule has 0 aliphatic heterocycles. The SMILES string of the molecule is Oc1ccc(Nc2ccccc2-c2ccccc2)cc1. The van der Waals surface area contributed by atoms with Gasteiger partial charge < -0.3 is 10.4 Å². The van der Waals surface area contributed by atoms with Gasteiger partial charge in [-0.25, -0.2) is 0 Å². The molecular formula is C18H15NO. The van der Waals surface area contributed by atoms with Crippen LogP contribution in [0.1, 0.15) is 0 Å². The molecule has 2 N–H and O–H groups in total. The summed E-state index contributed by atoms with van der Waals surface area (Å²) < 4.78 is 0. The van der Waals surface area contributed by atoms with Gasteiger partial charge in [0, 0.05) is 16.9 Å². The van der Waals surface area contributed by atoms with Crippen molar-refractivity contribution in [1.82, 2.24) is 0 Å². The lowest BCUT2D eigenvalue weighted by Gasteiger charge is -2.12.